The summed E-state index contributed by atoms with van der Waals surface area (Å²) < 4.78 is 0. The van der Waals surface area contributed by atoms with Gasteiger partial charge in [-0.1, -0.05) is 0 Å². The van der Waals surface area contributed by atoms with Crippen LogP contribution in [0.5, 0.6) is 0 Å². The van der Waals surface area contributed by atoms with Gasteiger partial charge in [-0.25, -0.2) is 0 Å². The van der Waals surface area contributed by atoms with Crippen LogP contribution in [0.15, 0.2) is 0 Å². The number of hydrogen-bond donors (Lipinski definition) is 4. The van der Waals surface area contributed by atoms with Crippen molar-refractivity contribution in [1.29, 1.82) is 0 Å². The first kappa shape index (κ1) is 7.94. The van der Waals surface area contributed by atoms with Crippen LogP contribution in [0.4, 0.5) is 0 Å². The molecule has 4 heteroatoms. The van der Waals surface area contributed by atoms with Crippen LogP contribution in [0, 0.1) is 0 Å². The lowest BCUT2D eigenvalue weighted by Gasteiger charge is -2.35. The van der Waals surface area contributed by atoms with E-state index in [1.807, 2.05) is 0 Å². The number of piperidine rings is 1. The van der Waals surface area contributed by atoms with Gasteiger partial charge < -0.3 is 10.3 Å². The van der Waals surface area contributed by atoms with Crippen molar-refractivity contribution in [2.75, 3.05) is 13.2 Å². The van der Waals surface area contributed by atoms with Gasteiger partial charge in [-0.15, -0.1) is 0 Å². The van der Waals surface area contributed by atoms with Gasteiger partial charge in [-0.3, -0.25) is 5.32 Å². The average Bonchev–Trinajstić information content (AvgIpc) is 2.06. The Kier molecular flexibility index (Phi) is 2.62. The fraction of sp³-hybridized carbons (Fsp3) is 1.00. The minimum Gasteiger partial charge on any atom is -0.393 e. The lowest BCUT2D eigenvalue weighted by molar-refractivity contribution is -0.0148. The number of nitrogens with one attached hydrogen (secondary N) is 2. The van der Waals surface area contributed by atoms with Gasteiger partial charge in [0.1, 0.15) is 5.66 Å². The zero-order chi connectivity index (χ0) is 7.45. The highest BCUT2D eigenvalue weighted by molar-refractivity contribution is 4.84. The monoisotopic (exact) mass is 146 g/mol. The molecule has 10 heavy (non-hydrogen) atoms. The highest BCUT2D eigenvalue weighted by Gasteiger charge is 2.29. The summed E-state index contributed by atoms with van der Waals surface area (Å²) in [6.07, 6.45) is 2.94. The van der Waals surface area contributed by atoms with Gasteiger partial charge in [0.15, 0.2) is 0 Å². The van der Waals surface area contributed by atoms with Crippen LogP contribution in [-0.2, 0) is 0 Å². The average molecular weight is 146 g/mol. The maximum absolute atomic E-state index is 8.86. The van der Waals surface area contributed by atoms with E-state index in [0.717, 1.165) is 25.8 Å². The molecule has 1 saturated heterocycles. The van der Waals surface area contributed by atoms with Crippen molar-refractivity contribution in [3.8, 4) is 0 Å². The molecule has 1 heterocycles. The van der Waals surface area contributed by atoms with Crippen LogP contribution in [0.1, 0.15) is 19.3 Å². The molecular formula is C6H14N2O2. The van der Waals surface area contributed by atoms with E-state index in [2.05, 4.69) is 10.8 Å². The second-order valence-corrected chi connectivity index (χ2v) is 2.74. The van der Waals surface area contributed by atoms with Crippen molar-refractivity contribution >= 4 is 0 Å². The van der Waals surface area contributed by atoms with Crippen LogP contribution in [-0.4, -0.2) is 29.1 Å². The zero-order valence-electron chi connectivity index (χ0n) is 5.93. The van der Waals surface area contributed by atoms with Crippen LogP contribution in [0.25, 0.3) is 0 Å². The summed E-state index contributed by atoms with van der Waals surface area (Å²) in [5, 5.41) is 20.5. The van der Waals surface area contributed by atoms with Crippen LogP contribution < -0.4 is 10.8 Å². The Balaban J connectivity index is 2.44. The van der Waals surface area contributed by atoms with E-state index in [9.17, 15) is 0 Å². The Morgan fingerprint density at radius 3 is 2.60 bits per heavy atom. The first-order valence-corrected chi connectivity index (χ1v) is 3.60. The van der Waals surface area contributed by atoms with Crippen LogP contribution >= 0.6 is 0 Å². The molecule has 0 aromatic heterocycles. The molecule has 1 atom stereocenters. The number of rotatable bonds is 2. The maximum atomic E-state index is 8.86. The molecule has 4 nitrogen and oxygen atoms in total. The van der Waals surface area contributed by atoms with Gasteiger partial charge in [0.25, 0.3) is 0 Å². The smallest absolute Gasteiger partial charge is 0.115 e. The summed E-state index contributed by atoms with van der Waals surface area (Å²) in [5.41, 5.74) is 1.48. The predicted molar refractivity (Wildman–Crippen MR) is 36.6 cm³/mol. The quantitative estimate of drug-likeness (QED) is 0.394. The van der Waals surface area contributed by atoms with Crippen LogP contribution in [0.2, 0.25) is 0 Å². The van der Waals surface area contributed by atoms with Crippen LogP contribution in [0.3, 0.4) is 0 Å². The highest BCUT2D eigenvalue weighted by Crippen LogP contribution is 2.14. The molecule has 0 amide bonds. The third kappa shape index (κ3) is 1.46. The molecule has 1 fully saturated rings. The van der Waals surface area contributed by atoms with Crippen molar-refractivity contribution in [3.05, 3.63) is 0 Å². The molecular weight excluding hydrogens is 132 g/mol. The first-order chi connectivity index (χ1) is 4.83. The summed E-state index contributed by atoms with van der Waals surface area (Å²) in [5.74, 6) is 0. The molecule has 1 rings (SSSR count). The van der Waals surface area contributed by atoms with Gasteiger partial charge in [-0.05, 0) is 25.8 Å². The van der Waals surface area contributed by atoms with E-state index >= 15 is 0 Å². The van der Waals surface area contributed by atoms with E-state index in [1.54, 1.807) is 0 Å². The molecule has 4 N–H and O–H groups in total. The van der Waals surface area contributed by atoms with E-state index in [-0.39, 0.29) is 6.61 Å². The molecule has 0 aromatic carbocycles. The standard InChI is InChI=1S/C6H14N2O2/c9-5-6(8-10)3-1-2-4-7-6/h7-10H,1-5H2. The third-order valence-corrected chi connectivity index (χ3v) is 1.98. The lowest BCUT2D eigenvalue weighted by atomic mass is 10.00. The van der Waals surface area contributed by atoms with E-state index in [1.165, 1.54) is 0 Å². The second kappa shape index (κ2) is 3.30. The summed E-state index contributed by atoms with van der Waals surface area (Å²) in [7, 11) is 0. The van der Waals surface area contributed by atoms with Gasteiger partial charge >= 0.3 is 0 Å². The fourth-order valence-corrected chi connectivity index (χ4v) is 1.23. The van der Waals surface area contributed by atoms with Gasteiger partial charge in [-0.2, -0.15) is 5.48 Å². The molecule has 1 aliphatic rings. The summed E-state index contributed by atoms with van der Waals surface area (Å²) in [6.45, 7) is 0.789. The molecule has 0 bridgehead atoms. The van der Waals surface area contributed by atoms with Gasteiger partial charge in [0.05, 0.1) is 6.61 Å². The Morgan fingerprint density at radius 2 is 2.30 bits per heavy atom. The number of hydroxylamine groups is 1. The summed E-state index contributed by atoms with van der Waals surface area (Å²) in [4.78, 5) is 0. The highest BCUT2D eigenvalue weighted by atomic mass is 16.5. The summed E-state index contributed by atoms with van der Waals surface area (Å²) in [6, 6.07) is 0. The molecule has 1 aliphatic heterocycles. The predicted octanol–water partition coefficient (Wildman–Crippen LogP) is -0.573. The molecule has 60 valence electrons. The topological polar surface area (TPSA) is 64.5 Å². The van der Waals surface area contributed by atoms with Crippen molar-refractivity contribution in [3.63, 3.8) is 0 Å². The molecule has 0 radical (unpaired) electrons. The third-order valence-electron chi connectivity index (χ3n) is 1.98. The first-order valence-electron chi connectivity index (χ1n) is 3.60. The van der Waals surface area contributed by atoms with E-state index < -0.39 is 5.66 Å². The Morgan fingerprint density at radius 1 is 1.50 bits per heavy atom. The number of aliphatic hydroxyl groups is 1. The van der Waals surface area contributed by atoms with Crippen molar-refractivity contribution in [2.24, 2.45) is 0 Å². The van der Waals surface area contributed by atoms with Crippen molar-refractivity contribution < 1.29 is 10.3 Å². The van der Waals surface area contributed by atoms with Gasteiger partial charge in [0, 0.05) is 0 Å². The normalized spacial score (nSPS) is 34.2. The Labute approximate surface area is 60.2 Å². The molecule has 0 aliphatic carbocycles. The minimum absolute atomic E-state index is 0.0660. The summed E-state index contributed by atoms with van der Waals surface area (Å²) >= 11 is 0. The zero-order valence-corrected chi connectivity index (χ0v) is 5.93. The second-order valence-electron chi connectivity index (χ2n) is 2.74. The molecule has 0 saturated carbocycles. The molecule has 0 aromatic rings. The molecule has 0 spiro atoms. The van der Waals surface area contributed by atoms with Crippen molar-refractivity contribution in [2.45, 2.75) is 24.9 Å². The number of hydrogen-bond acceptors (Lipinski definition) is 4. The SMILES string of the molecule is OCC1(NO)CCCCN1. The van der Waals surface area contributed by atoms with E-state index in [4.69, 9.17) is 10.3 Å². The van der Waals surface area contributed by atoms with E-state index in [0.29, 0.717) is 0 Å². The van der Waals surface area contributed by atoms with Gasteiger partial charge in [0.2, 0.25) is 0 Å². The number of aliphatic hydroxyl groups excluding tert-OH is 1. The Bertz CT molecular complexity index is 95.9. The lowest BCUT2D eigenvalue weighted by Crippen LogP contribution is -2.60. The van der Waals surface area contributed by atoms with Crippen molar-refractivity contribution in [1.82, 2.24) is 10.8 Å². The largest absolute Gasteiger partial charge is 0.393 e. The molecule has 1 unspecified atom stereocenters. The maximum Gasteiger partial charge on any atom is 0.115 e. The Hall–Kier alpha value is -0.160. The minimum atomic E-state index is -0.627. The fourth-order valence-electron chi connectivity index (χ4n) is 1.23.